The Morgan fingerprint density at radius 2 is 2.06 bits per heavy atom. The second-order valence-electron chi connectivity index (χ2n) is 4.26. The summed E-state index contributed by atoms with van der Waals surface area (Å²) in [6, 6.07) is 5.95. The largest absolute Gasteiger partial charge is 0.476 e. The van der Waals surface area contributed by atoms with Gasteiger partial charge in [-0.05, 0) is 25.5 Å². The lowest BCUT2D eigenvalue weighted by molar-refractivity contribution is 0.0687. The number of imidazole rings is 1. The number of aromatic nitrogens is 2. The maximum absolute atomic E-state index is 11.1. The number of carboxylic acid groups (broad SMARTS) is 1. The van der Waals surface area contributed by atoms with Crippen LogP contribution in [0.1, 0.15) is 21.6 Å². The minimum absolute atomic E-state index is 0.00701. The van der Waals surface area contributed by atoms with Crippen molar-refractivity contribution >= 4 is 17.6 Å². The molecule has 0 bridgehead atoms. The Hall–Kier alpha value is -1.81. The highest BCUT2D eigenvalue weighted by molar-refractivity contribution is 6.32. The van der Waals surface area contributed by atoms with E-state index in [0.29, 0.717) is 5.82 Å². The summed E-state index contributed by atoms with van der Waals surface area (Å²) in [6.07, 6.45) is 0. The zero-order chi connectivity index (χ0) is 13.4. The number of rotatable bonds is 2. The van der Waals surface area contributed by atoms with E-state index in [4.69, 9.17) is 16.7 Å². The lowest BCUT2D eigenvalue weighted by Crippen LogP contribution is -2.06. The molecule has 1 aromatic heterocycles. The summed E-state index contributed by atoms with van der Waals surface area (Å²) in [7, 11) is 1.65. The Morgan fingerprint density at radius 1 is 1.39 bits per heavy atom. The molecule has 0 aliphatic carbocycles. The summed E-state index contributed by atoms with van der Waals surface area (Å²) in [5.41, 5.74) is 3.02. The number of aryl methyl sites for hydroxylation is 2. The van der Waals surface area contributed by atoms with Gasteiger partial charge in [0.1, 0.15) is 5.82 Å². The smallest absolute Gasteiger partial charge is 0.355 e. The third-order valence-electron chi connectivity index (χ3n) is 2.89. The van der Waals surface area contributed by atoms with E-state index in [0.717, 1.165) is 16.7 Å². The fourth-order valence-corrected chi connectivity index (χ4v) is 2.20. The van der Waals surface area contributed by atoms with E-state index in [-0.39, 0.29) is 10.8 Å². The molecule has 0 aliphatic rings. The first-order chi connectivity index (χ1) is 8.41. The van der Waals surface area contributed by atoms with Gasteiger partial charge in [-0.1, -0.05) is 29.3 Å². The van der Waals surface area contributed by atoms with Gasteiger partial charge in [0.05, 0.1) is 0 Å². The van der Waals surface area contributed by atoms with Gasteiger partial charge >= 0.3 is 5.97 Å². The van der Waals surface area contributed by atoms with Crippen molar-refractivity contribution in [2.24, 2.45) is 7.05 Å². The van der Waals surface area contributed by atoms with E-state index in [1.54, 1.807) is 7.05 Å². The summed E-state index contributed by atoms with van der Waals surface area (Å²) < 4.78 is 1.51. The van der Waals surface area contributed by atoms with Crippen molar-refractivity contribution in [3.63, 3.8) is 0 Å². The van der Waals surface area contributed by atoms with Crippen LogP contribution in [0.5, 0.6) is 0 Å². The number of nitrogens with zero attached hydrogens (tertiary/aromatic N) is 2. The maximum Gasteiger partial charge on any atom is 0.355 e. The monoisotopic (exact) mass is 264 g/mol. The molecular formula is C13H13ClN2O2. The topological polar surface area (TPSA) is 55.1 Å². The molecule has 5 heteroatoms. The average Bonchev–Trinajstić information content (AvgIpc) is 2.57. The molecule has 94 valence electrons. The second kappa shape index (κ2) is 4.46. The molecule has 2 rings (SSSR count). The van der Waals surface area contributed by atoms with Crippen LogP contribution < -0.4 is 0 Å². The zero-order valence-corrected chi connectivity index (χ0v) is 11.1. The molecule has 0 amide bonds. The van der Waals surface area contributed by atoms with Crippen LogP contribution >= 0.6 is 11.6 Å². The highest BCUT2D eigenvalue weighted by Crippen LogP contribution is 2.27. The molecule has 2 aromatic rings. The van der Waals surface area contributed by atoms with E-state index in [1.165, 1.54) is 4.57 Å². The normalized spacial score (nSPS) is 10.7. The fourth-order valence-electron chi connectivity index (χ4n) is 1.91. The van der Waals surface area contributed by atoms with E-state index in [1.807, 2.05) is 32.0 Å². The quantitative estimate of drug-likeness (QED) is 0.907. The molecule has 1 N–H and O–H groups in total. The molecule has 0 saturated heterocycles. The third-order valence-corrected chi connectivity index (χ3v) is 3.15. The van der Waals surface area contributed by atoms with Crippen molar-refractivity contribution in [3.8, 4) is 11.4 Å². The van der Waals surface area contributed by atoms with E-state index < -0.39 is 5.97 Å². The van der Waals surface area contributed by atoms with Gasteiger partial charge in [0, 0.05) is 12.6 Å². The second-order valence-corrected chi connectivity index (χ2v) is 4.62. The fraction of sp³-hybridized carbons (Fsp3) is 0.231. The van der Waals surface area contributed by atoms with Crippen LogP contribution in [0.15, 0.2) is 18.2 Å². The third kappa shape index (κ3) is 1.99. The van der Waals surface area contributed by atoms with Gasteiger partial charge in [-0.3, -0.25) is 0 Å². The van der Waals surface area contributed by atoms with Crippen molar-refractivity contribution in [1.29, 1.82) is 0 Å². The lowest BCUT2D eigenvalue weighted by Gasteiger charge is -2.07. The molecule has 0 aliphatic heterocycles. The number of halogens is 1. The number of aromatic carboxylic acids is 1. The zero-order valence-electron chi connectivity index (χ0n) is 10.4. The highest BCUT2D eigenvalue weighted by atomic mass is 35.5. The summed E-state index contributed by atoms with van der Waals surface area (Å²) in [5.74, 6) is -0.509. The van der Waals surface area contributed by atoms with Gasteiger partial charge in [0.2, 0.25) is 0 Å². The van der Waals surface area contributed by atoms with Crippen molar-refractivity contribution in [3.05, 3.63) is 40.2 Å². The predicted molar refractivity (Wildman–Crippen MR) is 70.1 cm³/mol. The number of carboxylic acids is 1. The average molecular weight is 265 g/mol. The standard InChI is InChI=1S/C13H13ClN2O2/c1-7-4-5-8(2)9(6-7)12-15-11(14)10(13(17)18)16(12)3/h4-6H,1-3H3,(H,17,18). The summed E-state index contributed by atoms with van der Waals surface area (Å²) in [4.78, 5) is 15.2. The number of hydrogen-bond acceptors (Lipinski definition) is 2. The van der Waals surface area contributed by atoms with Crippen LogP contribution in [0.3, 0.4) is 0 Å². The first-order valence-electron chi connectivity index (χ1n) is 5.45. The molecule has 0 unspecified atom stereocenters. The summed E-state index contributed by atoms with van der Waals surface area (Å²) in [6.45, 7) is 3.93. The Balaban J connectivity index is 2.69. The number of hydrogen-bond donors (Lipinski definition) is 1. The first kappa shape index (κ1) is 12.6. The Bertz CT molecular complexity index is 632. The van der Waals surface area contributed by atoms with Crippen LogP contribution in [0, 0.1) is 13.8 Å². The summed E-state index contributed by atoms with van der Waals surface area (Å²) in [5, 5.41) is 9.10. The molecule has 1 aromatic carbocycles. The Labute approximate surface area is 110 Å². The van der Waals surface area contributed by atoms with Crippen LogP contribution in [0.4, 0.5) is 0 Å². The van der Waals surface area contributed by atoms with Gasteiger partial charge in [0.25, 0.3) is 0 Å². The highest BCUT2D eigenvalue weighted by Gasteiger charge is 2.20. The van der Waals surface area contributed by atoms with E-state index in [2.05, 4.69) is 4.98 Å². The Morgan fingerprint density at radius 3 is 2.61 bits per heavy atom. The molecule has 4 nitrogen and oxygen atoms in total. The van der Waals surface area contributed by atoms with Crippen LogP contribution in [0.2, 0.25) is 5.15 Å². The van der Waals surface area contributed by atoms with Gasteiger partial charge in [-0.25, -0.2) is 9.78 Å². The molecule has 0 saturated carbocycles. The number of benzene rings is 1. The van der Waals surface area contributed by atoms with Gasteiger partial charge in [-0.2, -0.15) is 0 Å². The molecular weight excluding hydrogens is 252 g/mol. The maximum atomic E-state index is 11.1. The molecule has 0 fully saturated rings. The number of carbonyl (C=O) groups is 1. The van der Waals surface area contributed by atoms with Crippen molar-refractivity contribution in [1.82, 2.24) is 9.55 Å². The van der Waals surface area contributed by atoms with Crippen LogP contribution in [0.25, 0.3) is 11.4 Å². The minimum atomic E-state index is -1.08. The van der Waals surface area contributed by atoms with Crippen molar-refractivity contribution < 1.29 is 9.90 Å². The lowest BCUT2D eigenvalue weighted by atomic mass is 10.1. The molecule has 0 radical (unpaired) electrons. The van der Waals surface area contributed by atoms with Gasteiger partial charge < -0.3 is 9.67 Å². The molecule has 18 heavy (non-hydrogen) atoms. The van der Waals surface area contributed by atoms with Crippen LogP contribution in [-0.2, 0) is 7.05 Å². The van der Waals surface area contributed by atoms with Crippen LogP contribution in [-0.4, -0.2) is 20.6 Å². The Kier molecular flexibility index (Phi) is 3.13. The SMILES string of the molecule is Cc1ccc(C)c(-c2nc(Cl)c(C(=O)O)n2C)c1. The first-order valence-corrected chi connectivity index (χ1v) is 5.82. The van der Waals surface area contributed by atoms with Gasteiger partial charge in [-0.15, -0.1) is 0 Å². The van der Waals surface area contributed by atoms with Crippen molar-refractivity contribution in [2.75, 3.05) is 0 Å². The molecule has 0 atom stereocenters. The minimum Gasteiger partial charge on any atom is -0.476 e. The summed E-state index contributed by atoms with van der Waals surface area (Å²) >= 11 is 5.87. The molecule has 1 heterocycles. The van der Waals surface area contributed by atoms with Gasteiger partial charge in [0.15, 0.2) is 10.8 Å². The van der Waals surface area contributed by atoms with Crippen molar-refractivity contribution in [2.45, 2.75) is 13.8 Å². The molecule has 0 spiro atoms. The van der Waals surface area contributed by atoms with E-state index >= 15 is 0 Å². The predicted octanol–water partition coefficient (Wildman–Crippen LogP) is 3.06. The van der Waals surface area contributed by atoms with E-state index in [9.17, 15) is 4.79 Å².